The highest BCUT2D eigenvalue weighted by Gasteiger charge is 2.18. The SMILES string of the molecule is C[C@H]1CNCCN1Cc1cn2cc(Cl)ccc2n1. The highest BCUT2D eigenvalue weighted by molar-refractivity contribution is 6.30. The molecule has 0 aliphatic carbocycles. The molecule has 3 heterocycles. The Morgan fingerprint density at radius 1 is 1.44 bits per heavy atom. The van der Waals surface area contributed by atoms with Crippen molar-refractivity contribution in [1.82, 2.24) is 19.6 Å². The van der Waals surface area contributed by atoms with Gasteiger partial charge >= 0.3 is 0 Å². The minimum atomic E-state index is 0.562. The molecule has 0 aromatic carbocycles. The third-order valence-corrected chi connectivity index (χ3v) is 3.69. The molecule has 1 N–H and O–H groups in total. The quantitative estimate of drug-likeness (QED) is 0.898. The maximum Gasteiger partial charge on any atom is 0.137 e. The molecule has 0 spiro atoms. The van der Waals surface area contributed by atoms with Crippen LogP contribution in [0.1, 0.15) is 12.6 Å². The number of pyridine rings is 1. The first-order chi connectivity index (χ1) is 8.72. The summed E-state index contributed by atoms with van der Waals surface area (Å²) in [5.74, 6) is 0. The fourth-order valence-electron chi connectivity index (χ4n) is 2.42. The van der Waals surface area contributed by atoms with E-state index >= 15 is 0 Å². The molecule has 0 saturated carbocycles. The van der Waals surface area contributed by atoms with E-state index in [9.17, 15) is 0 Å². The number of rotatable bonds is 2. The molecule has 1 saturated heterocycles. The van der Waals surface area contributed by atoms with Crippen molar-refractivity contribution in [2.24, 2.45) is 0 Å². The second kappa shape index (κ2) is 4.88. The molecule has 1 fully saturated rings. The van der Waals surface area contributed by atoms with Gasteiger partial charge in [-0.2, -0.15) is 0 Å². The van der Waals surface area contributed by atoms with E-state index in [0.29, 0.717) is 6.04 Å². The molecule has 0 radical (unpaired) electrons. The lowest BCUT2D eigenvalue weighted by Crippen LogP contribution is -2.49. The first-order valence-electron chi connectivity index (χ1n) is 6.30. The Morgan fingerprint density at radius 2 is 2.33 bits per heavy atom. The molecule has 5 heteroatoms. The third kappa shape index (κ3) is 2.36. The van der Waals surface area contributed by atoms with E-state index in [0.717, 1.165) is 42.5 Å². The maximum atomic E-state index is 5.98. The van der Waals surface area contributed by atoms with Crippen LogP contribution < -0.4 is 5.32 Å². The first kappa shape index (κ1) is 12.0. The largest absolute Gasteiger partial charge is 0.314 e. The molecule has 18 heavy (non-hydrogen) atoms. The summed E-state index contributed by atoms with van der Waals surface area (Å²) in [5.41, 5.74) is 2.06. The number of aromatic nitrogens is 2. The van der Waals surface area contributed by atoms with Crippen molar-refractivity contribution in [2.75, 3.05) is 19.6 Å². The zero-order chi connectivity index (χ0) is 12.5. The smallest absolute Gasteiger partial charge is 0.137 e. The molecule has 1 aliphatic heterocycles. The van der Waals surface area contributed by atoms with Gasteiger partial charge in [0.25, 0.3) is 0 Å². The van der Waals surface area contributed by atoms with E-state index in [1.807, 2.05) is 22.7 Å². The number of fused-ring (bicyclic) bond motifs is 1. The number of halogens is 1. The Balaban J connectivity index is 1.81. The van der Waals surface area contributed by atoms with Crippen LogP contribution in [0.4, 0.5) is 0 Å². The Kier molecular flexibility index (Phi) is 3.24. The van der Waals surface area contributed by atoms with Gasteiger partial charge in [-0.1, -0.05) is 11.6 Å². The minimum Gasteiger partial charge on any atom is -0.314 e. The Hall–Kier alpha value is -1.10. The average molecular weight is 265 g/mol. The summed E-state index contributed by atoms with van der Waals surface area (Å²) in [7, 11) is 0. The van der Waals surface area contributed by atoms with E-state index < -0.39 is 0 Å². The van der Waals surface area contributed by atoms with Crippen LogP contribution in [-0.4, -0.2) is 40.0 Å². The normalized spacial score (nSPS) is 21.6. The predicted octanol–water partition coefficient (Wildman–Crippen LogP) is 1.78. The van der Waals surface area contributed by atoms with Gasteiger partial charge in [-0.05, 0) is 19.1 Å². The lowest BCUT2D eigenvalue weighted by Gasteiger charge is -2.33. The van der Waals surface area contributed by atoms with E-state index in [1.165, 1.54) is 0 Å². The molecule has 3 rings (SSSR count). The van der Waals surface area contributed by atoms with Crippen LogP contribution in [-0.2, 0) is 6.54 Å². The van der Waals surface area contributed by atoms with Crippen LogP contribution in [0.25, 0.3) is 5.65 Å². The fourth-order valence-corrected chi connectivity index (χ4v) is 2.59. The number of nitrogens with one attached hydrogen (secondary N) is 1. The van der Waals surface area contributed by atoms with Crippen LogP contribution in [0.5, 0.6) is 0 Å². The Morgan fingerprint density at radius 3 is 3.17 bits per heavy atom. The molecule has 0 bridgehead atoms. The van der Waals surface area contributed by atoms with E-state index in [2.05, 4.69) is 28.3 Å². The number of piperazine rings is 1. The monoisotopic (exact) mass is 264 g/mol. The highest BCUT2D eigenvalue weighted by Crippen LogP contribution is 2.14. The van der Waals surface area contributed by atoms with E-state index in [4.69, 9.17) is 11.6 Å². The number of imidazole rings is 1. The standard InChI is InChI=1S/C13H17ClN4/c1-10-6-15-4-5-17(10)8-12-9-18-7-11(14)2-3-13(18)16-12/h2-3,7,9-10,15H,4-6,8H2,1H3/t10-/m0/s1. The second-order valence-corrected chi connectivity index (χ2v) is 5.31. The van der Waals surface area contributed by atoms with Crippen LogP contribution >= 0.6 is 11.6 Å². The summed E-state index contributed by atoms with van der Waals surface area (Å²) >= 11 is 5.98. The molecule has 0 unspecified atom stereocenters. The zero-order valence-electron chi connectivity index (χ0n) is 10.4. The summed E-state index contributed by atoms with van der Waals surface area (Å²) in [6.07, 6.45) is 3.96. The molecule has 2 aromatic rings. The van der Waals surface area contributed by atoms with Gasteiger partial charge in [0.15, 0.2) is 0 Å². The van der Waals surface area contributed by atoms with Gasteiger partial charge in [0, 0.05) is 44.6 Å². The van der Waals surface area contributed by atoms with Crippen LogP contribution in [0.15, 0.2) is 24.5 Å². The van der Waals surface area contributed by atoms with Crippen molar-refractivity contribution in [2.45, 2.75) is 19.5 Å². The maximum absolute atomic E-state index is 5.98. The minimum absolute atomic E-state index is 0.562. The van der Waals surface area contributed by atoms with Crippen LogP contribution in [0.3, 0.4) is 0 Å². The van der Waals surface area contributed by atoms with Gasteiger partial charge in [-0.25, -0.2) is 4.98 Å². The molecular weight excluding hydrogens is 248 g/mol. The topological polar surface area (TPSA) is 32.6 Å². The average Bonchev–Trinajstić information content (AvgIpc) is 2.73. The van der Waals surface area contributed by atoms with Crippen LogP contribution in [0.2, 0.25) is 5.02 Å². The van der Waals surface area contributed by atoms with Crippen molar-refractivity contribution < 1.29 is 0 Å². The number of hydrogen-bond acceptors (Lipinski definition) is 3. The van der Waals surface area contributed by atoms with Gasteiger partial charge in [-0.15, -0.1) is 0 Å². The Labute approximate surface area is 112 Å². The van der Waals surface area contributed by atoms with Crippen molar-refractivity contribution >= 4 is 17.2 Å². The lowest BCUT2D eigenvalue weighted by atomic mass is 10.2. The van der Waals surface area contributed by atoms with Crippen molar-refractivity contribution in [1.29, 1.82) is 0 Å². The zero-order valence-corrected chi connectivity index (χ0v) is 11.2. The van der Waals surface area contributed by atoms with E-state index in [-0.39, 0.29) is 0 Å². The molecule has 0 amide bonds. The molecule has 4 nitrogen and oxygen atoms in total. The van der Waals surface area contributed by atoms with Crippen molar-refractivity contribution in [3.05, 3.63) is 35.2 Å². The van der Waals surface area contributed by atoms with Gasteiger partial charge in [0.2, 0.25) is 0 Å². The molecular formula is C13H17ClN4. The predicted molar refractivity (Wildman–Crippen MR) is 72.9 cm³/mol. The van der Waals surface area contributed by atoms with Gasteiger partial charge in [0.05, 0.1) is 10.7 Å². The van der Waals surface area contributed by atoms with Crippen LogP contribution in [0, 0.1) is 0 Å². The van der Waals surface area contributed by atoms with Gasteiger partial charge in [0.1, 0.15) is 5.65 Å². The lowest BCUT2D eigenvalue weighted by molar-refractivity contribution is 0.164. The summed E-state index contributed by atoms with van der Waals surface area (Å²) in [4.78, 5) is 7.08. The number of nitrogens with zero attached hydrogens (tertiary/aromatic N) is 3. The second-order valence-electron chi connectivity index (χ2n) is 4.87. The molecule has 1 aliphatic rings. The van der Waals surface area contributed by atoms with Crippen molar-refractivity contribution in [3.63, 3.8) is 0 Å². The molecule has 1 atom stereocenters. The summed E-state index contributed by atoms with van der Waals surface area (Å²) < 4.78 is 1.99. The first-order valence-corrected chi connectivity index (χ1v) is 6.68. The van der Waals surface area contributed by atoms with Crippen molar-refractivity contribution in [3.8, 4) is 0 Å². The Bertz CT molecular complexity index is 551. The molecule has 96 valence electrons. The van der Waals surface area contributed by atoms with E-state index in [1.54, 1.807) is 0 Å². The van der Waals surface area contributed by atoms with Gasteiger partial charge < -0.3 is 9.72 Å². The summed E-state index contributed by atoms with van der Waals surface area (Å²) in [5, 5.41) is 4.14. The fraction of sp³-hybridized carbons (Fsp3) is 0.462. The summed E-state index contributed by atoms with van der Waals surface area (Å²) in [6, 6.07) is 4.39. The third-order valence-electron chi connectivity index (χ3n) is 3.47. The molecule has 2 aromatic heterocycles. The summed E-state index contributed by atoms with van der Waals surface area (Å²) in [6.45, 7) is 6.35. The number of hydrogen-bond donors (Lipinski definition) is 1. The van der Waals surface area contributed by atoms with Gasteiger partial charge in [-0.3, -0.25) is 4.90 Å². The highest BCUT2D eigenvalue weighted by atomic mass is 35.5.